The quantitative estimate of drug-likeness (QED) is 0.653. The number of hydrogen-bond donors (Lipinski definition) is 1. The van der Waals surface area contributed by atoms with Crippen molar-refractivity contribution in [3.8, 4) is 11.5 Å². The minimum Gasteiger partial charge on any atom is -0.493 e. The highest BCUT2D eigenvalue weighted by Gasteiger charge is 2.11. The van der Waals surface area contributed by atoms with Crippen molar-refractivity contribution in [1.82, 2.24) is 0 Å². The number of aryl methyl sites for hydroxylation is 1. The lowest BCUT2D eigenvalue weighted by Crippen LogP contribution is -2.20. The van der Waals surface area contributed by atoms with E-state index in [1.807, 2.05) is 0 Å². The van der Waals surface area contributed by atoms with Crippen molar-refractivity contribution in [2.75, 3.05) is 19.0 Å². The van der Waals surface area contributed by atoms with Crippen LogP contribution in [0.2, 0.25) is 0 Å². The highest BCUT2D eigenvalue weighted by Crippen LogP contribution is 2.26. The van der Waals surface area contributed by atoms with Gasteiger partial charge in [0, 0.05) is 17.8 Å². The molecule has 0 aromatic heterocycles. The summed E-state index contributed by atoms with van der Waals surface area (Å²) in [5.41, 5.74) is 1.08. The molecule has 0 saturated carbocycles. The number of carbonyl (C=O) groups excluding carboxylic acids is 1. The van der Waals surface area contributed by atoms with Gasteiger partial charge in [0.1, 0.15) is 0 Å². The Morgan fingerprint density at radius 1 is 1.22 bits per heavy atom. The van der Waals surface area contributed by atoms with Crippen LogP contribution in [0.5, 0.6) is 11.5 Å². The van der Waals surface area contributed by atoms with E-state index in [-0.39, 0.29) is 18.2 Å². The number of nitro groups is 1. The van der Waals surface area contributed by atoms with Crippen LogP contribution in [-0.4, -0.2) is 24.5 Å². The Hall–Kier alpha value is -3.09. The largest absolute Gasteiger partial charge is 0.493 e. The fourth-order valence-corrected chi connectivity index (χ4v) is 1.97. The third-order valence-corrected chi connectivity index (χ3v) is 3.12. The molecule has 0 radical (unpaired) electrons. The van der Waals surface area contributed by atoms with Crippen LogP contribution in [0.4, 0.5) is 11.4 Å². The van der Waals surface area contributed by atoms with Crippen LogP contribution in [0.25, 0.3) is 0 Å². The molecular weight excluding hydrogens is 300 g/mol. The summed E-state index contributed by atoms with van der Waals surface area (Å²) >= 11 is 0. The summed E-state index contributed by atoms with van der Waals surface area (Å²) in [4.78, 5) is 22.2. The molecule has 0 aliphatic rings. The molecular formula is C16H16N2O5. The molecule has 7 heteroatoms. The molecule has 0 heterocycles. The van der Waals surface area contributed by atoms with E-state index < -0.39 is 4.92 Å². The molecule has 2 aromatic rings. The predicted octanol–water partition coefficient (Wildman–Crippen LogP) is 2.93. The zero-order valence-electron chi connectivity index (χ0n) is 12.7. The summed E-state index contributed by atoms with van der Waals surface area (Å²) in [7, 11) is 1.52. The summed E-state index contributed by atoms with van der Waals surface area (Å²) in [5, 5.41) is 13.3. The number of non-ortho nitro benzene ring substituents is 1. The van der Waals surface area contributed by atoms with Gasteiger partial charge in [-0.25, -0.2) is 0 Å². The highest BCUT2D eigenvalue weighted by atomic mass is 16.6. The van der Waals surface area contributed by atoms with E-state index in [1.54, 1.807) is 31.2 Å². The first-order valence-corrected chi connectivity index (χ1v) is 6.82. The van der Waals surface area contributed by atoms with Crippen LogP contribution in [-0.2, 0) is 4.79 Å². The average Bonchev–Trinajstić information content (AvgIpc) is 2.54. The van der Waals surface area contributed by atoms with Gasteiger partial charge >= 0.3 is 0 Å². The highest BCUT2D eigenvalue weighted by molar-refractivity contribution is 5.92. The summed E-state index contributed by atoms with van der Waals surface area (Å²) < 4.78 is 10.5. The molecule has 0 fully saturated rings. The van der Waals surface area contributed by atoms with Gasteiger partial charge in [0.15, 0.2) is 18.1 Å². The van der Waals surface area contributed by atoms with Crippen molar-refractivity contribution in [3.05, 3.63) is 58.1 Å². The lowest BCUT2D eigenvalue weighted by atomic mass is 10.2. The number of hydrogen-bond acceptors (Lipinski definition) is 5. The Labute approximate surface area is 133 Å². The van der Waals surface area contributed by atoms with Gasteiger partial charge in [0.25, 0.3) is 11.6 Å². The van der Waals surface area contributed by atoms with E-state index in [1.165, 1.54) is 25.3 Å². The van der Waals surface area contributed by atoms with Gasteiger partial charge in [0.2, 0.25) is 0 Å². The Balaban J connectivity index is 1.98. The van der Waals surface area contributed by atoms with Crippen molar-refractivity contribution in [2.24, 2.45) is 0 Å². The van der Waals surface area contributed by atoms with Crippen LogP contribution in [0.15, 0.2) is 42.5 Å². The van der Waals surface area contributed by atoms with E-state index in [2.05, 4.69) is 5.32 Å². The van der Waals surface area contributed by atoms with Gasteiger partial charge in [-0.15, -0.1) is 0 Å². The molecule has 0 unspecified atom stereocenters. The maximum atomic E-state index is 11.9. The van der Waals surface area contributed by atoms with Gasteiger partial charge in [0.05, 0.1) is 12.0 Å². The first kappa shape index (κ1) is 16.3. The molecule has 2 aromatic carbocycles. The maximum absolute atomic E-state index is 11.9. The topological polar surface area (TPSA) is 90.7 Å². The number of carbonyl (C=O) groups is 1. The van der Waals surface area contributed by atoms with Crippen molar-refractivity contribution in [3.63, 3.8) is 0 Å². The number of benzene rings is 2. The predicted molar refractivity (Wildman–Crippen MR) is 85.0 cm³/mol. The Bertz CT molecular complexity index is 730. The number of para-hydroxylation sites is 2. The van der Waals surface area contributed by atoms with Gasteiger partial charge < -0.3 is 14.8 Å². The van der Waals surface area contributed by atoms with E-state index in [0.717, 1.165) is 0 Å². The number of nitrogens with zero attached hydrogens (tertiary/aromatic N) is 1. The molecule has 0 bridgehead atoms. The van der Waals surface area contributed by atoms with Crippen molar-refractivity contribution in [1.29, 1.82) is 0 Å². The van der Waals surface area contributed by atoms with E-state index in [0.29, 0.717) is 22.7 Å². The zero-order chi connectivity index (χ0) is 16.8. The third kappa shape index (κ3) is 4.19. The van der Waals surface area contributed by atoms with Crippen molar-refractivity contribution in [2.45, 2.75) is 6.92 Å². The molecule has 23 heavy (non-hydrogen) atoms. The van der Waals surface area contributed by atoms with E-state index in [9.17, 15) is 14.9 Å². The fraction of sp³-hybridized carbons (Fsp3) is 0.188. The molecule has 0 aliphatic carbocycles. The van der Waals surface area contributed by atoms with Gasteiger partial charge in [-0.05, 0) is 30.7 Å². The molecule has 0 atom stereocenters. The summed E-state index contributed by atoms with van der Waals surface area (Å²) in [6, 6.07) is 11.2. The van der Waals surface area contributed by atoms with Crippen molar-refractivity contribution >= 4 is 17.3 Å². The SMILES string of the molecule is COc1ccccc1OCC(=O)Nc1ccc([N+](=O)[O-])cc1C. The second-order valence-corrected chi connectivity index (χ2v) is 4.74. The maximum Gasteiger partial charge on any atom is 0.269 e. The lowest BCUT2D eigenvalue weighted by Gasteiger charge is -2.11. The van der Waals surface area contributed by atoms with Crippen LogP contribution >= 0.6 is 0 Å². The van der Waals surface area contributed by atoms with E-state index in [4.69, 9.17) is 9.47 Å². The normalized spacial score (nSPS) is 10.0. The Morgan fingerprint density at radius 2 is 1.91 bits per heavy atom. The van der Waals surface area contributed by atoms with Gasteiger partial charge in [-0.2, -0.15) is 0 Å². The lowest BCUT2D eigenvalue weighted by molar-refractivity contribution is -0.384. The molecule has 2 rings (SSSR count). The van der Waals surface area contributed by atoms with E-state index >= 15 is 0 Å². The minimum absolute atomic E-state index is 0.0224. The molecule has 1 amide bonds. The minimum atomic E-state index is -0.483. The first-order chi connectivity index (χ1) is 11.0. The number of nitro benzene ring substituents is 1. The molecule has 7 nitrogen and oxygen atoms in total. The molecule has 1 N–H and O–H groups in total. The first-order valence-electron chi connectivity index (χ1n) is 6.82. The van der Waals surface area contributed by atoms with Gasteiger partial charge in [-0.1, -0.05) is 12.1 Å². The second-order valence-electron chi connectivity index (χ2n) is 4.74. The molecule has 120 valence electrons. The van der Waals surface area contributed by atoms with Gasteiger partial charge in [-0.3, -0.25) is 14.9 Å². The third-order valence-electron chi connectivity index (χ3n) is 3.12. The Morgan fingerprint density at radius 3 is 2.52 bits per heavy atom. The average molecular weight is 316 g/mol. The number of anilines is 1. The van der Waals surface area contributed by atoms with Crippen LogP contribution < -0.4 is 14.8 Å². The molecule has 0 saturated heterocycles. The standard InChI is InChI=1S/C16H16N2O5/c1-11-9-12(18(20)21)7-8-13(11)17-16(19)10-23-15-6-4-3-5-14(15)22-2/h3-9H,10H2,1-2H3,(H,17,19). The fourth-order valence-electron chi connectivity index (χ4n) is 1.97. The van der Waals surface area contributed by atoms with Crippen LogP contribution in [0, 0.1) is 17.0 Å². The Kier molecular flexibility index (Phi) is 5.14. The van der Waals surface area contributed by atoms with Crippen LogP contribution in [0.1, 0.15) is 5.56 Å². The summed E-state index contributed by atoms with van der Waals surface area (Å²) in [5.74, 6) is 0.630. The molecule has 0 aliphatic heterocycles. The zero-order valence-corrected chi connectivity index (χ0v) is 12.7. The molecule has 0 spiro atoms. The van der Waals surface area contributed by atoms with Crippen molar-refractivity contribution < 1.29 is 19.2 Å². The van der Waals surface area contributed by atoms with Crippen LogP contribution in [0.3, 0.4) is 0 Å². The number of methoxy groups -OCH3 is 1. The smallest absolute Gasteiger partial charge is 0.269 e. The second kappa shape index (κ2) is 7.26. The summed E-state index contributed by atoms with van der Waals surface area (Å²) in [6.45, 7) is 1.49. The number of ether oxygens (including phenoxy) is 2. The number of amides is 1. The number of nitrogens with one attached hydrogen (secondary N) is 1. The summed E-state index contributed by atoms with van der Waals surface area (Å²) in [6.07, 6.45) is 0. The monoisotopic (exact) mass is 316 g/mol. The number of rotatable bonds is 6.